The Morgan fingerprint density at radius 2 is 2.29 bits per heavy atom. The van der Waals surface area contributed by atoms with Gasteiger partial charge in [0.2, 0.25) is 0 Å². The summed E-state index contributed by atoms with van der Waals surface area (Å²) < 4.78 is 0. The highest BCUT2D eigenvalue weighted by molar-refractivity contribution is 8.29. The number of nitrogens with zero attached hydrogens (tertiary/aromatic N) is 2. The summed E-state index contributed by atoms with van der Waals surface area (Å²) in [5, 5.41) is 4.66. The summed E-state index contributed by atoms with van der Waals surface area (Å²) in [5.74, 6) is 0.0494. The van der Waals surface area contributed by atoms with Crippen molar-refractivity contribution in [2.45, 2.75) is 13.8 Å². The van der Waals surface area contributed by atoms with Crippen molar-refractivity contribution in [1.29, 1.82) is 0 Å². The number of Topliss-reactive ketones (excluding diaryl/α,β-unsaturated/α-hetero) is 1. The molecule has 0 saturated heterocycles. The molecule has 0 radical (unpaired) electrons. The largest absolute Gasteiger partial charge is 0.334 e. The minimum Gasteiger partial charge on any atom is -0.334 e. The summed E-state index contributed by atoms with van der Waals surface area (Å²) in [6.45, 7) is 3.77. The minimum absolute atomic E-state index is 0.0494. The van der Waals surface area contributed by atoms with Gasteiger partial charge in [-0.05, 0) is 43.3 Å². The van der Waals surface area contributed by atoms with E-state index in [1.54, 1.807) is 0 Å². The van der Waals surface area contributed by atoms with Gasteiger partial charge in [-0.1, -0.05) is 12.1 Å². The van der Waals surface area contributed by atoms with Gasteiger partial charge in [0.15, 0.2) is 16.1 Å². The maximum absolute atomic E-state index is 10.7. The smallest absolute Gasteiger partial charge is 0.193 e. The normalized spacial score (nSPS) is 16.4. The van der Waals surface area contributed by atoms with Crippen molar-refractivity contribution in [3.8, 4) is 0 Å². The minimum atomic E-state index is 0.0494. The number of benzene rings is 1. The molecule has 1 aromatic rings. The van der Waals surface area contributed by atoms with Gasteiger partial charge in [0.25, 0.3) is 0 Å². The van der Waals surface area contributed by atoms with Crippen LogP contribution in [0.3, 0.4) is 0 Å². The molecule has 17 heavy (non-hydrogen) atoms. The Bertz CT molecular complexity index is 508. The van der Waals surface area contributed by atoms with Crippen molar-refractivity contribution >= 4 is 33.6 Å². The van der Waals surface area contributed by atoms with Gasteiger partial charge in [-0.2, -0.15) is 4.99 Å². The molecule has 0 aliphatic carbocycles. The standard InChI is InChI=1S/C12H13N3OS/c1-8-4-3-5-10(6-8)14-12-15-11(17-12)13-7-9(2)16/h3-6H,7H2,1-2H3,(H,13,14,15). The monoisotopic (exact) mass is 247 g/mol. The number of hydrogen-bond acceptors (Lipinski definition) is 4. The number of hydrogen-bond donors (Lipinski definition) is 1. The van der Waals surface area contributed by atoms with Crippen molar-refractivity contribution in [1.82, 2.24) is 0 Å². The molecule has 0 aromatic heterocycles. The van der Waals surface area contributed by atoms with Gasteiger partial charge in [-0.25, -0.2) is 0 Å². The second-order valence-corrected chi connectivity index (χ2v) is 4.77. The molecule has 0 saturated carbocycles. The lowest BCUT2D eigenvalue weighted by molar-refractivity contribution is -0.115. The van der Waals surface area contributed by atoms with Crippen LogP contribution >= 0.6 is 11.8 Å². The second-order valence-electron chi connectivity index (χ2n) is 3.81. The van der Waals surface area contributed by atoms with Crippen LogP contribution < -0.4 is 5.32 Å². The quantitative estimate of drug-likeness (QED) is 0.892. The summed E-state index contributed by atoms with van der Waals surface area (Å²) in [6, 6.07) is 8.07. The van der Waals surface area contributed by atoms with Crippen molar-refractivity contribution in [2.24, 2.45) is 9.98 Å². The van der Waals surface area contributed by atoms with Gasteiger partial charge < -0.3 is 5.32 Å². The SMILES string of the molecule is CC(=O)CN=C1N=C(Nc2cccc(C)c2)S1. The number of aryl methyl sites for hydroxylation is 1. The first kappa shape index (κ1) is 11.9. The summed E-state index contributed by atoms with van der Waals surface area (Å²) >= 11 is 1.45. The zero-order chi connectivity index (χ0) is 12.3. The Balaban J connectivity index is 1.93. The number of carbonyl (C=O) groups is 1. The maximum Gasteiger partial charge on any atom is 0.193 e. The molecule has 4 nitrogen and oxygen atoms in total. The molecule has 1 aliphatic heterocycles. The van der Waals surface area contributed by atoms with Gasteiger partial charge in [-0.3, -0.25) is 9.79 Å². The Labute approximate surface area is 104 Å². The molecule has 0 fully saturated rings. The lowest BCUT2D eigenvalue weighted by atomic mass is 10.2. The maximum atomic E-state index is 10.7. The van der Waals surface area contributed by atoms with Gasteiger partial charge >= 0.3 is 0 Å². The molecule has 1 aliphatic rings. The molecule has 5 heteroatoms. The van der Waals surface area contributed by atoms with Crippen LogP contribution in [0.2, 0.25) is 0 Å². The van der Waals surface area contributed by atoms with Crippen molar-refractivity contribution < 1.29 is 4.79 Å². The van der Waals surface area contributed by atoms with E-state index in [0.29, 0.717) is 5.17 Å². The molecule has 0 amide bonds. The Hall–Kier alpha value is -1.62. The number of rotatable bonds is 3. The fourth-order valence-corrected chi connectivity index (χ4v) is 1.93. The van der Waals surface area contributed by atoms with E-state index < -0.39 is 0 Å². The third-order valence-electron chi connectivity index (χ3n) is 2.09. The predicted molar refractivity (Wildman–Crippen MR) is 72.8 cm³/mol. The van der Waals surface area contributed by atoms with Crippen molar-refractivity contribution in [2.75, 3.05) is 11.9 Å². The summed E-state index contributed by atoms with van der Waals surface area (Å²) in [4.78, 5) is 18.9. The topological polar surface area (TPSA) is 53.8 Å². The fraction of sp³-hybridized carbons (Fsp3) is 0.250. The van der Waals surface area contributed by atoms with Crippen LogP contribution in [-0.4, -0.2) is 22.7 Å². The average molecular weight is 247 g/mol. The first-order valence-electron chi connectivity index (χ1n) is 5.27. The zero-order valence-corrected chi connectivity index (χ0v) is 10.5. The second kappa shape index (κ2) is 5.14. The number of ketones is 1. The number of aliphatic imine (C=N–C) groups is 2. The highest BCUT2D eigenvalue weighted by Gasteiger charge is 2.17. The van der Waals surface area contributed by atoms with E-state index in [1.807, 2.05) is 31.2 Å². The van der Waals surface area contributed by atoms with Crippen LogP contribution in [0.15, 0.2) is 34.3 Å². The van der Waals surface area contributed by atoms with Gasteiger partial charge in [-0.15, -0.1) is 0 Å². The van der Waals surface area contributed by atoms with Gasteiger partial charge in [0.05, 0.1) is 0 Å². The Morgan fingerprint density at radius 3 is 2.94 bits per heavy atom. The number of thioether (sulfide) groups is 1. The number of amidine groups is 2. The van der Waals surface area contributed by atoms with E-state index in [1.165, 1.54) is 24.2 Å². The average Bonchev–Trinajstić information content (AvgIpc) is 2.21. The molecule has 0 spiro atoms. The van der Waals surface area contributed by atoms with Crippen LogP contribution in [0.5, 0.6) is 0 Å². The van der Waals surface area contributed by atoms with E-state index in [9.17, 15) is 4.79 Å². The summed E-state index contributed by atoms with van der Waals surface area (Å²) in [5.41, 5.74) is 2.22. The Morgan fingerprint density at radius 1 is 1.53 bits per heavy atom. The molecule has 1 heterocycles. The molecule has 1 aromatic carbocycles. The number of nitrogens with one attached hydrogen (secondary N) is 1. The van der Waals surface area contributed by atoms with Crippen LogP contribution in [-0.2, 0) is 4.79 Å². The number of carbonyl (C=O) groups excluding carboxylic acids is 1. The zero-order valence-electron chi connectivity index (χ0n) is 9.73. The highest BCUT2D eigenvalue weighted by Crippen LogP contribution is 2.22. The van der Waals surface area contributed by atoms with E-state index >= 15 is 0 Å². The van der Waals surface area contributed by atoms with E-state index in [2.05, 4.69) is 15.3 Å². The van der Waals surface area contributed by atoms with Crippen molar-refractivity contribution in [3.05, 3.63) is 29.8 Å². The van der Waals surface area contributed by atoms with E-state index in [0.717, 1.165) is 10.9 Å². The van der Waals surface area contributed by atoms with Crippen LogP contribution in [0.4, 0.5) is 5.69 Å². The lowest BCUT2D eigenvalue weighted by Gasteiger charge is -2.16. The number of anilines is 1. The molecule has 88 valence electrons. The van der Waals surface area contributed by atoms with Crippen LogP contribution in [0, 0.1) is 6.92 Å². The molecule has 2 rings (SSSR count). The third kappa shape index (κ3) is 3.42. The first-order valence-corrected chi connectivity index (χ1v) is 6.09. The van der Waals surface area contributed by atoms with Gasteiger partial charge in [0, 0.05) is 5.69 Å². The lowest BCUT2D eigenvalue weighted by Crippen LogP contribution is -2.20. The fourth-order valence-electron chi connectivity index (χ4n) is 1.33. The molecule has 1 N–H and O–H groups in total. The third-order valence-corrected chi connectivity index (χ3v) is 2.88. The Kier molecular flexibility index (Phi) is 3.58. The molecular formula is C12H13N3OS. The molecule has 0 bridgehead atoms. The van der Waals surface area contributed by atoms with Crippen LogP contribution in [0.1, 0.15) is 12.5 Å². The summed E-state index contributed by atoms with van der Waals surface area (Å²) in [6.07, 6.45) is 0. The highest BCUT2D eigenvalue weighted by atomic mass is 32.2. The van der Waals surface area contributed by atoms with Crippen LogP contribution in [0.25, 0.3) is 0 Å². The summed E-state index contributed by atoms with van der Waals surface area (Å²) in [7, 11) is 0. The molecule has 0 unspecified atom stereocenters. The molecular weight excluding hydrogens is 234 g/mol. The van der Waals surface area contributed by atoms with E-state index in [-0.39, 0.29) is 12.3 Å². The molecule has 0 atom stereocenters. The first-order chi connectivity index (χ1) is 8.13. The van der Waals surface area contributed by atoms with Crippen molar-refractivity contribution in [3.63, 3.8) is 0 Å². The van der Waals surface area contributed by atoms with E-state index in [4.69, 9.17) is 0 Å². The van der Waals surface area contributed by atoms with Gasteiger partial charge in [0.1, 0.15) is 6.54 Å². The predicted octanol–water partition coefficient (Wildman–Crippen LogP) is 2.45.